The minimum atomic E-state index is -2.80. The van der Waals surface area contributed by atoms with Gasteiger partial charge < -0.3 is 5.73 Å². The van der Waals surface area contributed by atoms with Crippen molar-refractivity contribution >= 4 is 9.84 Å². The molecule has 0 aliphatic carbocycles. The highest BCUT2D eigenvalue weighted by Crippen LogP contribution is 2.29. The summed E-state index contributed by atoms with van der Waals surface area (Å²) in [7, 11) is -2.80. The molecular weight excluding hydrogens is 246 g/mol. The Morgan fingerprint density at radius 2 is 2.11 bits per heavy atom. The fraction of sp³-hybridized carbons (Fsp3) is 0.571. The molecule has 4 heteroatoms. The molecular formula is C14H21NO2S. The molecule has 2 rings (SSSR count). The first-order valence-corrected chi connectivity index (χ1v) is 8.23. The van der Waals surface area contributed by atoms with Crippen molar-refractivity contribution in [2.45, 2.75) is 32.7 Å². The SMILES string of the molecule is Cc1ccc(C)c(C(N)CC2CCS(=O)(=O)C2)c1. The van der Waals surface area contributed by atoms with Crippen LogP contribution in [0, 0.1) is 19.8 Å². The molecule has 18 heavy (non-hydrogen) atoms. The second kappa shape index (κ2) is 5.02. The van der Waals surface area contributed by atoms with E-state index in [0.29, 0.717) is 11.5 Å². The lowest BCUT2D eigenvalue weighted by atomic mass is 9.91. The topological polar surface area (TPSA) is 60.2 Å². The highest BCUT2D eigenvalue weighted by molar-refractivity contribution is 7.91. The van der Waals surface area contributed by atoms with Gasteiger partial charge in [0.25, 0.3) is 0 Å². The monoisotopic (exact) mass is 267 g/mol. The van der Waals surface area contributed by atoms with Crippen LogP contribution in [0.25, 0.3) is 0 Å². The zero-order chi connectivity index (χ0) is 13.3. The Morgan fingerprint density at radius 1 is 1.39 bits per heavy atom. The standard InChI is InChI=1S/C14H21NO2S/c1-10-3-4-11(2)13(7-10)14(15)8-12-5-6-18(16,17)9-12/h3-4,7,12,14H,5-6,8-9,15H2,1-2H3. The number of benzene rings is 1. The van der Waals surface area contributed by atoms with Gasteiger partial charge in [0.2, 0.25) is 0 Å². The van der Waals surface area contributed by atoms with E-state index in [1.807, 2.05) is 0 Å². The van der Waals surface area contributed by atoms with Crippen LogP contribution in [0.15, 0.2) is 18.2 Å². The van der Waals surface area contributed by atoms with E-state index in [0.717, 1.165) is 18.4 Å². The van der Waals surface area contributed by atoms with Gasteiger partial charge in [-0.2, -0.15) is 0 Å². The zero-order valence-corrected chi connectivity index (χ0v) is 11.8. The molecule has 1 aromatic rings. The number of nitrogens with two attached hydrogens (primary N) is 1. The van der Waals surface area contributed by atoms with Gasteiger partial charge in [0.05, 0.1) is 11.5 Å². The van der Waals surface area contributed by atoms with Crippen molar-refractivity contribution in [3.8, 4) is 0 Å². The van der Waals surface area contributed by atoms with E-state index in [1.54, 1.807) is 0 Å². The lowest BCUT2D eigenvalue weighted by molar-refractivity contribution is 0.480. The van der Waals surface area contributed by atoms with Crippen LogP contribution >= 0.6 is 0 Å². The Labute approximate surface area is 109 Å². The van der Waals surface area contributed by atoms with E-state index in [1.165, 1.54) is 11.1 Å². The second-order valence-electron chi connectivity index (χ2n) is 5.47. The molecule has 1 heterocycles. The van der Waals surface area contributed by atoms with Gasteiger partial charge in [0, 0.05) is 6.04 Å². The van der Waals surface area contributed by atoms with Crippen LogP contribution in [0.3, 0.4) is 0 Å². The van der Waals surface area contributed by atoms with Crippen LogP contribution < -0.4 is 5.73 Å². The van der Waals surface area contributed by atoms with Gasteiger partial charge in [-0.25, -0.2) is 8.42 Å². The maximum Gasteiger partial charge on any atom is 0.150 e. The summed E-state index contributed by atoms with van der Waals surface area (Å²) in [6.07, 6.45) is 1.53. The summed E-state index contributed by atoms with van der Waals surface area (Å²) >= 11 is 0. The van der Waals surface area contributed by atoms with Crippen molar-refractivity contribution in [1.82, 2.24) is 0 Å². The molecule has 100 valence electrons. The summed E-state index contributed by atoms with van der Waals surface area (Å²) in [5.41, 5.74) is 9.78. The van der Waals surface area contributed by atoms with Crippen molar-refractivity contribution in [1.29, 1.82) is 0 Å². The smallest absolute Gasteiger partial charge is 0.150 e. The third-order valence-electron chi connectivity index (χ3n) is 3.75. The van der Waals surface area contributed by atoms with Gasteiger partial charge in [-0.1, -0.05) is 23.8 Å². The van der Waals surface area contributed by atoms with Crippen molar-refractivity contribution < 1.29 is 8.42 Å². The molecule has 0 saturated carbocycles. The predicted molar refractivity (Wildman–Crippen MR) is 74.2 cm³/mol. The van der Waals surface area contributed by atoms with E-state index in [9.17, 15) is 8.42 Å². The molecule has 0 amide bonds. The predicted octanol–water partition coefficient (Wildman–Crippen LogP) is 2.13. The molecule has 1 aliphatic heterocycles. The fourth-order valence-corrected chi connectivity index (χ4v) is 4.58. The van der Waals surface area contributed by atoms with Gasteiger partial charge in [0.15, 0.2) is 9.84 Å². The third-order valence-corrected chi connectivity index (χ3v) is 5.59. The fourth-order valence-electron chi connectivity index (χ4n) is 2.70. The maximum absolute atomic E-state index is 11.4. The Bertz CT molecular complexity index is 537. The Balaban J connectivity index is 2.08. The number of rotatable bonds is 3. The Morgan fingerprint density at radius 3 is 2.72 bits per heavy atom. The summed E-state index contributed by atoms with van der Waals surface area (Å²) in [6.45, 7) is 4.11. The average molecular weight is 267 g/mol. The van der Waals surface area contributed by atoms with E-state index >= 15 is 0 Å². The molecule has 0 radical (unpaired) electrons. The molecule has 1 saturated heterocycles. The van der Waals surface area contributed by atoms with E-state index in [2.05, 4.69) is 32.0 Å². The molecule has 3 nitrogen and oxygen atoms in total. The van der Waals surface area contributed by atoms with Gasteiger partial charge in [0.1, 0.15) is 0 Å². The minimum absolute atomic E-state index is 0.0526. The molecule has 2 N–H and O–H groups in total. The van der Waals surface area contributed by atoms with Crippen molar-refractivity contribution in [3.05, 3.63) is 34.9 Å². The van der Waals surface area contributed by atoms with E-state index in [4.69, 9.17) is 5.73 Å². The summed E-state index contributed by atoms with van der Waals surface area (Å²) < 4.78 is 22.9. The second-order valence-corrected chi connectivity index (χ2v) is 7.70. The minimum Gasteiger partial charge on any atom is -0.324 e. The van der Waals surface area contributed by atoms with Gasteiger partial charge in [-0.15, -0.1) is 0 Å². The highest BCUT2D eigenvalue weighted by atomic mass is 32.2. The van der Waals surface area contributed by atoms with Crippen LogP contribution in [-0.2, 0) is 9.84 Å². The van der Waals surface area contributed by atoms with Crippen molar-refractivity contribution in [2.75, 3.05) is 11.5 Å². The van der Waals surface area contributed by atoms with Crippen LogP contribution in [0.1, 0.15) is 35.6 Å². The Hall–Kier alpha value is -0.870. The van der Waals surface area contributed by atoms with E-state index in [-0.39, 0.29) is 12.0 Å². The van der Waals surface area contributed by atoms with Crippen LogP contribution in [0.2, 0.25) is 0 Å². The molecule has 2 unspecified atom stereocenters. The lowest BCUT2D eigenvalue weighted by Crippen LogP contribution is -2.17. The number of hydrogen-bond acceptors (Lipinski definition) is 3. The summed E-state index contributed by atoms with van der Waals surface area (Å²) in [4.78, 5) is 0. The van der Waals surface area contributed by atoms with Crippen LogP contribution in [-0.4, -0.2) is 19.9 Å². The van der Waals surface area contributed by atoms with Crippen LogP contribution in [0.5, 0.6) is 0 Å². The molecule has 1 aliphatic rings. The summed E-state index contributed by atoms with van der Waals surface area (Å²) in [6, 6.07) is 6.22. The molecule has 1 aromatic carbocycles. The first-order chi connectivity index (χ1) is 8.37. The maximum atomic E-state index is 11.4. The summed E-state index contributed by atoms with van der Waals surface area (Å²) in [5.74, 6) is 0.868. The quantitative estimate of drug-likeness (QED) is 0.912. The number of sulfone groups is 1. The molecule has 0 spiro atoms. The summed E-state index contributed by atoms with van der Waals surface area (Å²) in [5, 5.41) is 0. The number of hydrogen-bond donors (Lipinski definition) is 1. The van der Waals surface area contributed by atoms with Gasteiger partial charge >= 0.3 is 0 Å². The van der Waals surface area contributed by atoms with Crippen molar-refractivity contribution in [3.63, 3.8) is 0 Å². The van der Waals surface area contributed by atoms with E-state index < -0.39 is 9.84 Å². The molecule has 1 fully saturated rings. The average Bonchev–Trinajstić information content (AvgIpc) is 2.61. The molecule has 0 bridgehead atoms. The van der Waals surface area contributed by atoms with Crippen LogP contribution in [0.4, 0.5) is 0 Å². The Kier molecular flexibility index (Phi) is 3.78. The van der Waals surface area contributed by atoms with Gasteiger partial charge in [-0.05, 0) is 43.7 Å². The molecule has 0 aromatic heterocycles. The third kappa shape index (κ3) is 3.12. The zero-order valence-electron chi connectivity index (χ0n) is 11.0. The first kappa shape index (κ1) is 13.6. The highest BCUT2D eigenvalue weighted by Gasteiger charge is 2.29. The number of aryl methyl sites for hydroxylation is 2. The van der Waals surface area contributed by atoms with Gasteiger partial charge in [-0.3, -0.25) is 0 Å². The largest absolute Gasteiger partial charge is 0.324 e. The first-order valence-electron chi connectivity index (χ1n) is 6.40. The normalized spacial score (nSPS) is 24.1. The lowest BCUT2D eigenvalue weighted by Gasteiger charge is -2.18. The molecule has 2 atom stereocenters. The van der Waals surface area contributed by atoms with Crippen molar-refractivity contribution in [2.24, 2.45) is 11.7 Å².